The zero-order valence-corrected chi connectivity index (χ0v) is 14.1. The molecule has 134 valence electrons. The zero-order valence-electron chi connectivity index (χ0n) is 14.1. The Hall–Kier alpha value is -3.10. The van der Waals surface area contributed by atoms with Crippen LogP contribution in [0.2, 0.25) is 0 Å². The van der Waals surface area contributed by atoms with Gasteiger partial charge in [-0.2, -0.15) is 0 Å². The smallest absolute Gasteiger partial charge is 0.354 e. The van der Waals surface area contributed by atoms with E-state index in [-0.39, 0.29) is 16.8 Å². The van der Waals surface area contributed by atoms with Gasteiger partial charge in [-0.25, -0.2) is 14.4 Å². The number of fused-ring (bicyclic) bond motifs is 1. The van der Waals surface area contributed by atoms with Crippen molar-refractivity contribution in [3.8, 4) is 0 Å². The molecule has 0 saturated heterocycles. The van der Waals surface area contributed by atoms with Crippen LogP contribution in [0.1, 0.15) is 0 Å². The van der Waals surface area contributed by atoms with Crippen LogP contribution >= 0.6 is 0 Å². The summed E-state index contributed by atoms with van der Waals surface area (Å²) in [6.45, 7) is 0. The van der Waals surface area contributed by atoms with E-state index in [0.29, 0.717) is 0 Å². The molecule has 25 heavy (non-hydrogen) atoms. The van der Waals surface area contributed by atoms with Crippen LogP contribution in [0.4, 0.5) is 0 Å². The second kappa shape index (κ2) is 6.80. The average Bonchev–Trinajstić information content (AvgIpc) is 3.01. The van der Waals surface area contributed by atoms with Crippen LogP contribution in [0, 0.1) is 5.41 Å². The summed E-state index contributed by atoms with van der Waals surface area (Å²) in [7, 11) is 4.44. The third-order valence-corrected chi connectivity index (χ3v) is 4.09. The number of carbonyl (C=O) groups is 4. The van der Waals surface area contributed by atoms with E-state index in [2.05, 4.69) is 10.1 Å². The van der Waals surface area contributed by atoms with Crippen molar-refractivity contribution in [3.05, 3.63) is 35.1 Å². The van der Waals surface area contributed by atoms with Gasteiger partial charge in [-0.3, -0.25) is 4.79 Å². The second-order valence-corrected chi connectivity index (χ2v) is 5.11. The van der Waals surface area contributed by atoms with Gasteiger partial charge >= 0.3 is 23.9 Å². The highest BCUT2D eigenvalue weighted by Gasteiger charge is 2.63. The largest absolute Gasteiger partial charge is 0.468 e. The fourth-order valence-corrected chi connectivity index (χ4v) is 3.04. The molecule has 9 nitrogen and oxygen atoms in total. The lowest BCUT2D eigenvalue weighted by atomic mass is 9.67. The van der Waals surface area contributed by atoms with Crippen molar-refractivity contribution < 1.29 is 38.1 Å². The molecule has 2 aliphatic rings. The third kappa shape index (κ3) is 2.48. The van der Waals surface area contributed by atoms with Crippen molar-refractivity contribution >= 4 is 23.9 Å². The van der Waals surface area contributed by atoms with E-state index in [1.54, 1.807) is 0 Å². The summed E-state index contributed by atoms with van der Waals surface area (Å²) in [6.07, 6.45) is 4.34. The Morgan fingerprint density at radius 2 is 1.52 bits per heavy atom. The van der Waals surface area contributed by atoms with E-state index in [1.165, 1.54) is 18.2 Å². The van der Waals surface area contributed by atoms with Crippen LogP contribution in [0.5, 0.6) is 0 Å². The summed E-state index contributed by atoms with van der Waals surface area (Å²) < 4.78 is 19.0. The summed E-state index contributed by atoms with van der Waals surface area (Å²) in [5.74, 6) is -3.65. The minimum atomic E-state index is -1.94. The Bertz CT molecular complexity index is 732. The molecule has 0 spiro atoms. The van der Waals surface area contributed by atoms with Crippen molar-refractivity contribution in [1.29, 1.82) is 0 Å². The number of hydrogen-bond donors (Lipinski definition) is 1. The minimum absolute atomic E-state index is 0.166. The zero-order chi connectivity index (χ0) is 18.8. The summed E-state index contributed by atoms with van der Waals surface area (Å²) in [6, 6.07) is -0.942. The van der Waals surface area contributed by atoms with Gasteiger partial charge in [-0.15, -0.1) is 0 Å². The van der Waals surface area contributed by atoms with E-state index in [9.17, 15) is 19.2 Å². The highest BCUT2D eigenvalue weighted by molar-refractivity contribution is 6.13. The number of methoxy groups -OCH3 is 4. The maximum atomic E-state index is 12.7. The van der Waals surface area contributed by atoms with Gasteiger partial charge < -0.3 is 24.3 Å². The van der Waals surface area contributed by atoms with Crippen LogP contribution in [0.15, 0.2) is 35.1 Å². The van der Waals surface area contributed by atoms with E-state index in [4.69, 9.17) is 14.2 Å². The summed E-state index contributed by atoms with van der Waals surface area (Å²) >= 11 is 0. The third-order valence-electron chi connectivity index (χ3n) is 4.09. The molecule has 2 atom stereocenters. The molecule has 0 aromatic heterocycles. The normalized spacial score (nSPS) is 23.8. The number of ether oxygens (including phenoxy) is 4. The van der Waals surface area contributed by atoms with Gasteiger partial charge in [0.05, 0.1) is 45.6 Å². The fourth-order valence-electron chi connectivity index (χ4n) is 3.04. The Labute approximate surface area is 143 Å². The molecule has 9 heteroatoms. The molecule has 0 bridgehead atoms. The highest BCUT2D eigenvalue weighted by Crippen LogP contribution is 2.49. The predicted molar refractivity (Wildman–Crippen MR) is 81.7 cm³/mol. The van der Waals surface area contributed by atoms with Gasteiger partial charge in [0, 0.05) is 0 Å². The first-order chi connectivity index (χ1) is 11.9. The maximum absolute atomic E-state index is 12.7. The van der Waals surface area contributed by atoms with Gasteiger partial charge in [-0.05, 0) is 0 Å². The predicted octanol–water partition coefficient (Wildman–Crippen LogP) is -0.613. The molecule has 0 aromatic rings. The maximum Gasteiger partial charge on any atom is 0.354 e. The molecule has 0 saturated carbocycles. The molecule has 0 aromatic carbocycles. The van der Waals surface area contributed by atoms with Crippen LogP contribution < -0.4 is 5.32 Å². The van der Waals surface area contributed by atoms with Crippen molar-refractivity contribution in [2.75, 3.05) is 28.4 Å². The first-order valence-corrected chi connectivity index (χ1v) is 7.13. The molecular weight excluding hydrogens is 334 g/mol. The number of hydrogen-bond acceptors (Lipinski definition) is 9. The van der Waals surface area contributed by atoms with Crippen LogP contribution in [0.3, 0.4) is 0 Å². The minimum Gasteiger partial charge on any atom is -0.468 e. The molecule has 0 unspecified atom stereocenters. The molecular formula is C16H17NO8. The topological polar surface area (TPSA) is 117 Å². The van der Waals surface area contributed by atoms with Gasteiger partial charge in [0.2, 0.25) is 0 Å². The molecule has 1 heterocycles. The number of nitrogens with one attached hydrogen (secondary N) is 1. The molecule has 1 N–H and O–H groups in total. The van der Waals surface area contributed by atoms with Crippen molar-refractivity contribution in [2.24, 2.45) is 5.41 Å². The monoisotopic (exact) mass is 351 g/mol. The van der Waals surface area contributed by atoms with E-state index in [0.717, 1.165) is 28.4 Å². The average molecular weight is 351 g/mol. The molecule has 0 radical (unpaired) electrons. The van der Waals surface area contributed by atoms with Crippen molar-refractivity contribution in [3.63, 3.8) is 0 Å². The molecule has 0 fully saturated rings. The first kappa shape index (κ1) is 18.2. The van der Waals surface area contributed by atoms with Gasteiger partial charge in [-0.1, -0.05) is 18.2 Å². The highest BCUT2D eigenvalue weighted by atomic mass is 16.5. The molecule has 0 amide bonds. The Balaban J connectivity index is 2.85. The van der Waals surface area contributed by atoms with Gasteiger partial charge in [0.1, 0.15) is 5.70 Å². The summed E-state index contributed by atoms with van der Waals surface area (Å²) in [4.78, 5) is 49.6. The van der Waals surface area contributed by atoms with Crippen LogP contribution in [-0.2, 0) is 38.1 Å². The number of esters is 4. The second-order valence-electron chi connectivity index (χ2n) is 5.11. The molecule has 2 rings (SSSR count). The molecule has 1 aliphatic carbocycles. The van der Waals surface area contributed by atoms with Crippen molar-refractivity contribution in [2.45, 2.75) is 6.04 Å². The summed E-state index contributed by atoms with van der Waals surface area (Å²) in [5.41, 5.74) is -2.76. The van der Waals surface area contributed by atoms with Crippen LogP contribution in [-0.4, -0.2) is 58.4 Å². The Morgan fingerprint density at radius 1 is 0.920 bits per heavy atom. The number of allylic oxidation sites excluding steroid dienone is 2. The van der Waals surface area contributed by atoms with E-state index >= 15 is 0 Å². The molecule has 1 aliphatic heterocycles. The fraction of sp³-hybridized carbons (Fsp3) is 0.375. The number of carbonyl (C=O) groups excluding carboxylic acids is 4. The number of rotatable bonds is 4. The standard InChI is InChI=1S/C16H17NO8/c1-22-12(18)8-6-5-7-9-16(8,15(21)25-4)10(13(19)23-2)11(17-9)14(20)24-3/h5-7,9,17H,1-4H3/t9-,16-/m1/s1. The summed E-state index contributed by atoms with van der Waals surface area (Å²) in [5, 5.41) is 2.74. The SMILES string of the molecule is COC(=O)C1=CC=C[C@H]2NC(C(=O)OC)=C(C(=O)OC)[C@@]12C(=O)OC. The lowest BCUT2D eigenvalue weighted by Crippen LogP contribution is -2.50. The lowest BCUT2D eigenvalue weighted by molar-refractivity contribution is -0.154. The van der Waals surface area contributed by atoms with Gasteiger partial charge in [0.15, 0.2) is 5.41 Å². The van der Waals surface area contributed by atoms with Crippen molar-refractivity contribution in [1.82, 2.24) is 5.32 Å². The van der Waals surface area contributed by atoms with Crippen LogP contribution in [0.25, 0.3) is 0 Å². The van der Waals surface area contributed by atoms with E-state index in [1.807, 2.05) is 0 Å². The van der Waals surface area contributed by atoms with E-state index < -0.39 is 35.3 Å². The Morgan fingerprint density at radius 3 is 2.04 bits per heavy atom. The first-order valence-electron chi connectivity index (χ1n) is 7.13. The van der Waals surface area contributed by atoms with Gasteiger partial charge in [0.25, 0.3) is 0 Å². The lowest BCUT2D eigenvalue weighted by Gasteiger charge is -2.35. The Kier molecular flexibility index (Phi) is 4.96. The quantitative estimate of drug-likeness (QED) is 0.522.